The fourth-order valence-electron chi connectivity index (χ4n) is 5.48. The van der Waals surface area contributed by atoms with E-state index >= 15 is 0 Å². The lowest BCUT2D eigenvalue weighted by Gasteiger charge is -2.14. The van der Waals surface area contributed by atoms with Crippen LogP contribution in [-0.2, 0) is 17.6 Å². The maximum absolute atomic E-state index is 13.7. The third-order valence-electron chi connectivity index (χ3n) is 7.41. The second-order valence-corrected chi connectivity index (χ2v) is 9.92. The number of rotatable bonds is 8. The molecule has 0 amide bonds. The number of fused-ring (bicyclic) bond motifs is 2. The summed E-state index contributed by atoms with van der Waals surface area (Å²) in [5.41, 5.74) is 3.37. The van der Waals surface area contributed by atoms with E-state index in [0.29, 0.717) is 40.3 Å². The van der Waals surface area contributed by atoms with Crippen molar-refractivity contribution in [2.75, 3.05) is 0 Å². The van der Waals surface area contributed by atoms with Gasteiger partial charge < -0.3 is 9.52 Å². The summed E-state index contributed by atoms with van der Waals surface area (Å²) in [4.78, 5) is 38.2. The van der Waals surface area contributed by atoms with E-state index in [1.54, 1.807) is 18.2 Å². The van der Waals surface area contributed by atoms with Crippen LogP contribution in [0.25, 0.3) is 49.2 Å². The second-order valence-electron chi connectivity index (χ2n) is 9.92. The molecule has 0 unspecified atom stereocenters. The fraction of sp³-hybridized carbons (Fsp3) is 0.219. The van der Waals surface area contributed by atoms with E-state index in [1.165, 1.54) is 10.1 Å². The van der Waals surface area contributed by atoms with Gasteiger partial charge in [-0.2, -0.15) is 0 Å². The van der Waals surface area contributed by atoms with Gasteiger partial charge in [0, 0.05) is 33.4 Å². The summed E-state index contributed by atoms with van der Waals surface area (Å²) in [5, 5.41) is 13.2. The van der Waals surface area contributed by atoms with Crippen molar-refractivity contribution in [3.05, 3.63) is 98.6 Å². The Morgan fingerprint density at radius 1 is 0.737 bits per heavy atom. The lowest BCUT2D eigenvalue weighted by Crippen LogP contribution is -2.31. The van der Waals surface area contributed by atoms with Crippen molar-refractivity contribution in [2.45, 2.75) is 45.4 Å². The topological polar surface area (TPSA) is 89.5 Å². The summed E-state index contributed by atoms with van der Waals surface area (Å²) in [6.07, 6.45) is 4.46. The van der Waals surface area contributed by atoms with Crippen molar-refractivity contribution >= 4 is 49.5 Å². The van der Waals surface area contributed by atoms with Crippen LogP contribution in [0.15, 0.2) is 80.7 Å². The minimum atomic E-state index is -0.823. The van der Waals surface area contributed by atoms with Gasteiger partial charge in [0.15, 0.2) is 0 Å². The normalized spacial score (nSPS) is 11.8. The molecule has 2 aromatic heterocycles. The number of hydrogen-bond acceptors (Lipinski definition) is 4. The molecule has 0 aliphatic carbocycles. The van der Waals surface area contributed by atoms with Crippen LogP contribution in [0.4, 0.5) is 0 Å². The lowest BCUT2D eigenvalue weighted by molar-refractivity contribution is -0.137. The first-order chi connectivity index (χ1) is 18.5. The summed E-state index contributed by atoms with van der Waals surface area (Å²) < 4.78 is 7.48. The van der Waals surface area contributed by atoms with E-state index < -0.39 is 5.97 Å². The molecular weight excluding hydrogens is 478 g/mol. The third kappa shape index (κ3) is 3.93. The van der Waals surface area contributed by atoms with Gasteiger partial charge in [-0.05, 0) is 84.7 Å². The van der Waals surface area contributed by atoms with Crippen molar-refractivity contribution < 1.29 is 14.3 Å². The molecule has 6 rings (SSSR count). The van der Waals surface area contributed by atoms with Gasteiger partial charge in [0.1, 0.15) is 11.2 Å². The molecule has 2 heterocycles. The smallest absolute Gasteiger partial charge is 0.303 e. The van der Waals surface area contributed by atoms with Gasteiger partial charge >= 0.3 is 5.97 Å². The van der Waals surface area contributed by atoms with Crippen LogP contribution in [0.1, 0.15) is 43.7 Å². The fourth-order valence-corrected chi connectivity index (χ4v) is 5.48. The first kappa shape index (κ1) is 23.9. The predicted molar refractivity (Wildman–Crippen MR) is 151 cm³/mol. The number of carbonyl (C=O) groups is 1. The average molecular weight is 506 g/mol. The summed E-state index contributed by atoms with van der Waals surface area (Å²) in [5.74, 6) is -0.823. The van der Waals surface area contributed by atoms with Crippen molar-refractivity contribution in [3.8, 4) is 5.69 Å². The summed E-state index contributed by atoms with van der Waals surface area (Å²) >= 11 is 0. The first-order valence-corrected chi connectivity index (χ1v) is 13.1. The van der Waals surface area contributed by atoms with Gasteiger partial charge in [0.25, 0.3) is 11.1 Å². The zero-order valence-electron chi connectivity index (χ0n) is 21.1. The molecule has 0 radical (unpaired) electrons. The van der Waals surface area contributed by atoms with Crippen LogP contribution in [0.5, 0.6) is 0 Å². The molecule has 0 aliphatic rings. The molecule has 38 heavy (non-hydrogen) atoms. The van der Waals surface area contributed by atoms with Gasteiger partial charge in [0.05, 0.1) is 5.69 Å². The van der Waals surface area contributed by atoms with E-state index in [1.807, 2.05) is 36.4 Å². The average Bonchev–Trinajstić information content (AvgIpc) is 2.92. The summed E-state index contributed by atoms with van der Waals surface area (Å²) in [6.45, 7) is 2.17. The molecule has 0 saturated carbocycles. The molecule has 190 valence electrons. The quantitative estimate of drug-likeness (QED) is 0.186. The standard InChI is InChI=1S/C32H27NO5/c1-2-3-5-20-10-16-26-25(18-20)22-13-14-23-29-24(15-17-27(38-26)30(22)29)32(37)33(31(23)36)21-11-8-19(9-12-21)6-4-7-28(34)35/h8-18H,2-7H2,1H3,(H,34,35). The number of nitrogens with zero attached hydrogens (tertiary/aromatic N) is 1. The van der Waals surface area contributed by atoms with Gasteiger partial charge in [-0.3, -0.25) is 14.4 Å². The molecule has 0 aliphatic heterocycles. The molecule has 0 bridgehead atoms. The Hall–Kier alpha value is -4.45. The number of aliphatic carboxylic acids is 1. The number of hydrogen-bond donors (Lipinski definition) is 1. The van der Waals surface area contributed by atoms with Gasteiger partial charge in [-0.15, -0.1) is 0 Å². The highest BCUT2D eigenvalue weighted by Crippen LogP contribution is 2.37. The maximum atomic E-state index is 13.7. The first-order valence-electron chi connectivity index (χ1n) is 13.1. The van der Waals surface area contributed by atoms with E-state index in [2.05, 4.69) is 19.1 Å². The van der Waals surface area contributed by atoms with Crippen LogP contribution < -0.4 is 11.1 Å². The van der Waals surface area contributed by atoms with Crippen molar-refractivity contribution in [2.24, 2.45) is 0 Å². The largest absolute Gasteiger partial charge is 0.481 e. The van der Waals surface area contributed by atoms with Crippen LogP contribution in [0.3, 0.4) is 0 Å². The number of unbranched alkanes of at least 4 members (excludes halogenated alkanes) is 1. The minimum absolute atomic E-state index is 0.101. The number of benzene rings is 4. The molecule has 6 nitrogen and oxygen atoms in total. The molecule has 0 saturated heterocycles. The highest BCUT2D eigenvalue weighted by Gasteiger charge is 2.20. The second kappa shape index (κ2) is 9.45. The Morgan fingerprint density at radius 2 is 1.37 bits per heavy atom. The van der Waals surface area contributed by atoms with Gasteiger partial charge in [-0.1, -0.05) is 37.6 Å². The maximum Gasteiger partial charge on any atom is 0.303 e. The number of pyridine rings is 1. The molecular formula is C32H27NO5. The summed E-state index contributed by atoms with van der Waals surface area (Å²) in [6, 6.07) is 20.8. The molecule has 1 N–H and O–H groups in total. The Morgan fingerprint density at radius 3 is 2.08 bits per heavy atom. The monoisotopic (exact) mass is 505 g/mol. The highest BCUT2D eigenvalue weighted by molar-refractivity contribution is 6.26. The van der Waals surface area contributed by atoms with Crippen molar-refractivity contribution in [3.63, 3.8) is 0 Å². The molecule has 0 spiro atoms. The molecule has 0 atom stereocenters. The van der Waals surface area contributed by atoms with Crippen LogP contribution in [-0.4, -0.2) is 15.6 Å². The molecule has 6 heteroatoms. The Balaban J connectivity index is 1.53. The number of aromatic nitrogens is 1. The van der Waals surface area contributed by atoms with E-state index in [-0.39, 0.29) is 17.5 Å². The van der Waals surface area contributed by atoms with E-state index in [4.69, 9.17) is 9.52 Å². The number of carboxylic acid groups (broad SMARTS) is 1. The highest BCUT2D eigenvalue weighted by atomic mass is 16.4. The third-order valence-corrected chi connectivity index (χ3v) is 7.41. The zero-order valence-corrected chi connectivity index (χ0v) is 21.1. The van der Waals surface area contributed by atoms with Gasteiger partial charge in [0.2, 0.25) is 0 Å². The molecule has 4 aromatic carbocycles. The number of carboxylic acids is 1. The van der Waals surface area contributed by atoms with Crippen LogP contribution in [0.2, 0.25) is 0 Å². The van der Waals surface area contributed by atoms with Crippen molar-refractivity contribution in [1.82, 2.24) is 4.57 Å². The Labute approximate surface area is 218 Å². The zero-order chi connectivity index (χ0) is 26.4. The van der Waals surface area contributed by atoms with Crippen LogP contribution in [0, 0.1) is 0 Å². The van der Waals surface area contributed by atoms with E-state index in [0.717, 1.165) is 46.6 Å². The SMILES string of the molecule is CCCCc1ccc2oc3ccc4c(=O)n(-c5ccc(CCCC(=O)O)cc5)c(=O)c5ccc(c2c1)c3c45. The summed E-state index contributed by atoms with van der Waals surface area (Å²) in [7, 11) is 0. The van der Waals surface area contributed by atoms with Crippen molar-refractivity contribution in [1.29, 1.82) is 0 Å². The Kier molecular flexibility index (Phi) is 5.95. The van der Waals surface area contributed by atoms with Gasteiger partial charge in [-0.25, -0.2) is 4.57 Å². The lowest BCUT2D eigenvalue weighted by atomic mass is 9.95. The van der Waals surface area contributed by atoms with Crippen LogP contribution >= 0.6 is 0 Å². The molecule has 6 aromatic rings. The van der Waals surface area contributed by atoms with E-state index in [9.17, 15) is 14.4 Å². The molecule has 0 fully saturated rings. The predicted octanol–water partition coefficient (Wildman–Crippen LogP) is 6.59. The minimum Gasteiger partial charge on any atom is -0.481 e. The Bertz CT molecular complexity index is 1910. The number of aryl methyl sites for hydroxylation is 2.